The van der Waals surface area contributed by atoms with Crippen LogP contribution < -0.4 is 10.4 Å². The van der Waals surface area contributed by atoms with Gasteiger partial charge in [-0.05, 0) is 58.3 Å². The summed E-state index contributed by atoms with van der Waals surface area (Å²) in [6, 6.07) is 24.9. The van der Waals surface area contributed by atoms with Crippen LogP contribution in [0.25, 0.3) is 0 Å². The topological polar surface area (TPSA) is 72.8 Å². The van der Waals surface area contributed by atoms with Gasteiger partial charge in [0.25, 0.3) is 8.32 Å². The molecule has 3 aromatic carbocycles. The SMILES string of the molecule is Cc1cc(C)c(C(C)CO[PH](=O)CC(CC(=O)O)O[Si](c2ccccc2)(c2ccccc2)C(C)(C)C)c(CC2CCCCC2)c1. The minimum atomic E-state index is -3.03. The van der Waals surface area contributed by atoms with Gasteiger partial charge in [-0.2, -0.15) is 0 Å². The second-order valence-electron chi connectivity index (χ2n) is 14.2. The first-order chi connectivity index (χ1) is 21.4. The number of hydrogen-bond donors (Lipinski definition) is 1. The molecular formula is C38H53O5PSi. The van der Waals surface area contributed by atoms with E-state index in [1.807, 2.05) is 36.4 Å². The molecule has 3 aromatic rings. The van der Waals surface area contributed by atoms with Crippen molar-refractivity contribution in [3.8, 4) is 0 Å². The van der Waals surface area contributed by atoms with Gasteiger partial charge in [0.2, 0.25) is 0 Å². The molecule has 1 fully saturated rings. The van der Waals surface area contributed by atoms with Crippen LogP contribution in [0.4, 0.5) is 0 Å². The van der Waals surface area contributed by atoms with Gasteiger partial charge in [-0.1, -0.05) is 138 Å². The van der Waals surface area contributed by atoms with E-state index in [4.69, 9.17) is 8.95 Å². The lowest BCUT2D eigenvalue weighted by Gasteiger charge is -2.45. The molecule has 0 aliphatic heterocycles. The second-order valence-corrected chi connectivity index (χ2v) is 19.8. The van der Waals surface area contributed by atoms with Gasteiger partial charge in [-0.15, -0.1) is 0 Å². The molecule has 4 rings (SSSR count). The van der Waals surface area contributed by atoms with E-state index in [-0.39, 0.29) is 23.5 Å². The zero-order valence-corrected chi connectivity index (χ0v) is 30.1. The summed E-state index contributed by atoms with van der Waals surface area (Å²) in [5.41, 5.74) is 5.25. The zero-order chi connectivity index (χ0) is 32.6. The molecule has 5 nitrogen and oxygen atoms in total. The lowest BCUT2D eigenvalue weighted by molar-refractivity contribution is -0.138. The predicted octanol–water partition coefficient (Wildman–Crippen LogP) is 8.44. The molecule has 0 saturated heterocycles. The highest BCUT2D eigenvalue weighted by atomic mass is 31.1. The number of carboxylic acid groups (broad SMARTS) is 1. The Bertz CT molecular complexity index is 1370. The Balaban J connectivity index is 1.55. The number of hydrogen-bond acceptors (Lipinski definition) is 4. The highest BCUT2D eigenvalue weighted by Gasteiger charge is 2.51. The van der Waals surface area contributed by atoms with Crippen molar-refractivity contribution in [2.75, 3.05) is 12.8 Å². The lowest BCUT2D eigenvalue weighted by Crippen LogP contribution is -2.68. The van der Waals surface area contributed by atoms with Crippen molar-refractivity contribution < 1.29 is 23.4 Å². The quantitative estimate of drug-likeness (QED) is 0.140. The second kappa shape index (κ2) is 15.9. The first-order valence-corrected chi connectivity index (χ1v) is 20.1. The maximum atomic E-state index is 13.6. The van der Waals surface area contributed by atoms with E-state index < -0.39 is 28.4 Å². The average molecular weight is 649 g/mol. The summed E-state index contributed by atoms with van der Waals surface area (Å²) in [5, 5.41) is 11.7. The number of benzene rings is 3. The molecule has 0 spiro atoms. The van der Waals surface area contributed by atoms with E-state index >= 15 is 0 Å². The molecule has 3 unspecified atom stereocenters. The van der Waals surface area contributed by atoms with Crippen molar-refractivity contribution in [2.45, 2.75) is 104 Å². The highest BCUT2D eigenvalue weighted by Crippen LogP contribution is 2.40. The van der Waals surface area contributed by atoms with Crippen molar-refractivity contribution >= 4 is 32.7 Å². The number of carboxylic acids is 1. The Labute approximate surface area is 272 Å². The molecule has 1 aliphatic rings. The van der Waals surface area contributed by atoms with Crippen molar-refractivity contribution in [2.24, 2.45) is 5.92 Å². The summed E-state index contributed by atoms with van der Waals surface area (Å²) < 4.78 is 26.8. The largest absolute Gasteiger partial charge is 0.481 e. The zero-order valence-electron chi connectivity index (χ0n) is 28.1. The number of aliphatic carboxylic acids is 1. The van der Waals surface area contributed by atoms with E-state index in [1.54, 1.807) is 0 Å². The number of aryl methyl sites for hydroxylation is 2. The molecular weight excluding hydrogens is 595 g/mol. The summed E-state index contributed by atoms with van der Waals surface area (Å²) in [6.07, 6.45) is 6.74. The molecule has 1 aliphatic carbocycles. The first-order valence-electron chi connectivity index (χ1n) is 16.7. The van der Waals surface area contributed by atoms with Crippen molar-refractivity contribution in [1.82, 2.24) is 0 Å². The Morgan fingerprint density at radius 2 is 1.53 bits per heavy atom. The molecule has 0 heterocycles. The van der Waals surface area contributed by atoms with Gasteiger partial charge in [-0.25, -0.2) is 0 Å². The minimum absolute atomic E-state index is 0.0655. The number of carbonyl (C=O) groups is 1. The molecule has 0 radical (unpaired) electrons. The molecule has 0 bridgehead atoms. The fraction of sp³-hybridized carbons (Fsp3) is 0.500. The van der Waals surface area contributed by atoms with Crippen LogP contribution in [0.15, 0.2) is 72.8 Å². The molecule has 0 amide bonds. The Hall–Kier alpha value is -2.50. The van der Waals surface area contributed by atoms with E-state index in [0.717, 1.165) is 22.7 Å². The van der Waals surface area contributed by atoms with Gasteiger partial charge in [0.05, 0.1) is 19.1 Å². The van der Waals surface area contributed by atoms with Crippen molar-refractivity contribution in [1.29, 1.82) is 0 Å². The van der Waals surface area contributed by atoms with E-state index in [0.29, 0.717) is 6.61 Å². The van der Waals surface area contributed by atoms with E-state index in [9.17, 15) is 14.5 Å². The van der Waals surface area contributed by atoms with Gasteiger partial charge in [0.15, 0.2) is 8.03 Å². The molecule has 0 aromatic heterocycles. The van der Waals surface area contributed by atoms with E-state index in [2.05, 4.69) is 77.9 Å². The third kappa shape index (κ3) is 9.07. The Morgan fingerprint density at radius 3 is 2.07 bits per heavy atom. The Kier molecular flexibility index (Phi) is 12.5. The molecule has 1 saturated carbocycles. The highest BCUT2D eigenvalue weighted by molar-refractivity contribution is 7.39. The lowest BCUT2D eigenvalue weighted by atomic mass is 9.81. The first kappa shape index (κ1) is 35.4. The van der Waals surface area contributed by atoms with Gasteiger partial charge >= 0.3 is 5.97 Å². The van der Waals surface area contributed by atoms with Crippen molar-refractivity contribution in [3.05, 3.63) is 95.1 Å². The normalized spacial score (nSPS) is 16.7. The fourth-order valence-electron chi connectivity index (χ4n) is 7.48. The van der Waals surface area contributed by atoms with Crippen LogP contribution in [-0.2, 0) is 24.7 Å². The van der Waals surface area contributed by atoms with Crippen LogP contribution >= 0.6 is 8.03 Å². The van der Waals surface area contributed by atoms with Crippen LogP contribution in [0.1, 0.15) is 94.4 Å². The maximum Gasteiger partial charge on any atom is 0.305 e. The summed E-state index contributed by atoms with van der Waals surface area (Å²) >= 11 is 0. The van der Waals surface area contributed by atoms with Crippen LogP contribution in [0.5, 0.6) is 0 Å². The minimum Gasteiger partial charge on any atom is -0.481 e. The summed E-state index contributed by atoms with van der Waals surface area (Å²) in [6.45, 7) is 13.3. The van der Waals surface area contributed by atoms with Crippen LogP contribution in [-0.4, -0.2) is 38.3 Å². The molecule has 3 atom stereocenters. The fourth-order valence-corrected chi connectivity index (χ4v) is 13.5. The van der Waals surface area contributed by atoms with Crippen LogP contribution in [0.2, 0.25) is 5.04 Å². The molecule has 45 heavy (non-hydrogen) atoms. The average Bonchev–Trinajstić information content (AvgIpc) is 2.99. The van der Waals surface area contributed by atoms with Crippen molar-refractivity contribution in [3.63, 3.8) is 0 Å². The van der Waals surface area contributed by atoms with Crippen LogP contribution in [0.3, 0.4) is 0 Å². The van der Waals surface area contributed by atoms with Crippen LogP contribution in [0, 0.1) is 19.8 Å². The molecule has 1 N–H and O–H groups in total. The van der Waals surface area contributed by atoms with Gasteiger partial charge < -0.3 is 14.1 Å². The van der Waals surface area contributed by atoms with Gasteiger partial charge in [0, 0.05) is 12.1 Å². The maximum absolute atomic E-state index is 13.6. The summed E-state index contributed by atoms with van der Waals surface area (Å²) in [7, 11) is -5.62. The predicted molar refractivity (Wildman–Crippen MR) is 189 cm³/mol. The molecule has 7 heteroatoms. The summed E-state index contributed by atoms with van der Waals surface area (Å²) in [4.78, 5) is 12.1. The summed E-state index contributed by atoms with van der Waals surface area (Å²) in [5.74, 6) is -0.168. The smallest absolute Gasteiger partial charge is 0.305 e. The third-order valence-electron chi connectivity index (χ3n) is 9.39. The van der Waals surface area contributed by atoms with E-state index in [1.165, 1.54) is 54.4 Å². The van der Waals surface area contributed by atoms with Gasteiger partial charge in [-0.3, -0.25) is 9.36 Å². The third-order valence-corrected chi connectivity index (χ3v) is 15.8. The van der Waals surface area contributed by atoms with Gasteiger partial charge in [0.1, 0.15) is 0 Å². The molecule has 244 valence electrons. The standard InChI is InChI=1S/C38H53O5PSi/c1-28-22-29(2)37(32(23-28)24-31-16-10-7-11-17-31)30(3)26-42-44(41)27-33(25-36(39)40)43-45(38(4,5)6,34-18-12-8-13-19-34)35-20-14-9-15-21-35/h8-9,12-15,18-23,30-31,33,44H,7,10-11,16-17,24-27H2,1-6H3,(H,39,40). The number of rotatable bonds is 14. The Morgan fingerprint density at radius 1 is 0.956 bits per heavy atom. The monoisotopic (exact) mass is 648 g/mol.